The Morgan fingerprint density at radius 1 is 1.40 bits per heavy atom. The number of fused-ring (bicyclic) bond motifs is 1. The highest BCUT2D eigenvalue weighted by molar-refractivity contribution is 6.20. The first-order chi connectivity index (χ1) is 9.65. The van der Waals surface area contributed by atoms with Crippen molar-refractivity contribution in [3.05, 3.63) is 30.0 Å². The van der Waals surface area contributed by atoms with Crippen LogP contribution in [-0.4, -0.2) is 47.4 Å². The van der Waals surface area contributed by atoms with E-state index in [1.807, 2.05) is 4.68 Å². The van der Waals surface area contributed by atoms with Crippen LogP contribution in [0.5, 0.6) is 0 Å². The van der Waals surface area contributed by atoms with Crippen LogP contribution in [0.15, 0.2) is 24.3 Å². The van der Waals surface area contributed by atoms with Crippen LogP contribution >= 0.6 is 11.6 Å². The van der Waals surface area contributed by atoms with E-state index < -0.39 is 0 Å². The van der Waals surface area contributed by atoms with E-state index in [1.54, 1.807) is 7.11 Å². The lowest BCUT2D eigenvalue weighted by Crippen LogP contribution is -2.28. The third-order valence-electron chi connectivity index (χ3n) is 3.31. The van der Waals surface area contributed by atoms with Crippen molar-refractivity contribution >= 4 is 22.5 Å². The Balaban J connectivity index is 2.13. The summed E-state index contributed by atoms with van der Waals surface area (Å²) in [7, 11) is 3.73. The second-order valence-corrected chi connectivity index (χ2v) is 5.65. The highest BCUT2D eigenvalue weighted by Gasteiger charge is 2.13. The van der Waals surface area contributed by atoms with Crippen molar-refractivity contribution in [3.8, 4) is 0 Å². The average molecular weight is 296 g/mol. The number of benzene rings is 1. The molecular weight excluding hydrogens is 274 g/mol. The SMILES string of the molecule is CCn1nc(CN(C)CC(Cl)COC)c2ccccc21. The molecule has 110 valence electrons. The van der Waals surface area contributed by atoms with Crippen molar-refractivity contribution in [2.75, 3.05) is 27.3 Å². The molecule has 0 saturated heterocycles. The fourth-order valence-corrected chi connectivity index (χ4v) is 2.81. The van der Waals surface area contributed by atoms with Gasteiger partial charge in [0, 0.05) is 32.1 Å². The van der Waals surface area contributed by atoms with Gasteiger partial charge in [-0.3, -0.25) is 9.58 Å². The standard InChI is InChI=1S/C15H22ClN3O/c1-4-19-15-8-6-5-7-13(15)14(17-19)10-18(2)9-12(16)11-20-3/h5-8,12H,4,9-11H2,1-3H3. The first-order valence-electron chi connectivity index (χ1n) is 6.91. The van der Waals surface area contributed by atoms with Crippen LogP contribution in [0, 0.1) is 0 Å². The minimum absolute atomic E-state index is 0.00419. The first kappa shape index (κ1) is 15.3. The molecule has 0 bridgehead atoms. The van der Waals surface area contributed by atoms with Crippen molar-refractivity contribution in [2.24, 2.45) is 0 Å². The summed E-state index contributed by atoms with van der Waals surface area (Å²) in [4.78, 5) is 2.19. The van der Waals surface area contributed by atoms with E-state index in [0.717, 1.165) is 25.3 Å². The van der Waals surface area contributed by atoms with Crippen molar-refractivity contribution in [3.63, 3.8) is 0 Å². The smallest absolute Gasteiger partial charge is 0.0843 e. The molecule has 0 aliphatic carbocycles. The van der Waals surface area contributed by atoms with Crippen molar-refractivity contribution in [2.45, 2.75) is 25.4 Å². The maximum atomic E-state index is 6.20. The molecule has 0 spiro atoms. The summed E-state index contributed by atoms with van der Waals surface area (Å²) in [5.41, 5.74) is 2.30. The van der Waals surface area contributed by atoms with Crippen LogP contribution in [0.3, 0.4) is 0 Å². The van der Waals surface area contributed by atoms with Crippen LogP contribution in [-0.2, 0) is 17.8 Å². The molecule has 2 rings (SSSR count). The maximum absolute atomic E-state index is 6.20. The van der Waals surface area contributed by atoms with Crippen molar-refractivity contribution in [1.82, 2.24) is 14.7 Å². The Bertz CT molecular complexity index is 555. The minimum Gasteiger partial charge on any atom is -0.383 e. The fraction of sp³-hybridized carbons (Fsp3) is 0.533. The monoisotopic (exact) mass is 295 g/mol. The predicted molar refractivity (Wildman–Crippen MR) is 83.3 cm³/mol. The first-order valence-corrected chi connectivity index (χ1v) is 7.35. The number of hydrogen-bond donors (Lipinski definition) is 0. The van der Waals surface area contributed by atoms with Gasteiger partial charge in [0.15, 0.2) is 0 Å². The van der Waals surface area contributed by atoms with E-state index in [2.05, 4.69) is 43.1 Å². The Hall–Kier alpha value is -1.10. The van der Waals surface area contributed by atoms with Gasteiger partial charge >= 0.3 is 0 Å². The molecule has 0 aliphatic heterocycles. The van der Waals surface area contributed by atoms with Gasteiger partial charge in [-0.2, -0.15) is 5.10 Å². The number of alkyl halides is 1. The van der Waals surface area contributed by atoms with Gasteiger partial charge in [-0.25, -0.2) is 0 Å². The van der Waals surface area contributed by atoms with E-state index in [0.29, 0.717) is 6.61 Å². The zero-order chi connectivity index (χ0) is 14.5. The number of aromatic nitrogens is 2. The second kappa shape index (κ2) is 7.07. The number of hydrogen-bond acceptors (Lipinski definition) is 3. The summed E-state index contributed by atoms with van der Waals surface area (Å²) in [5, 5.41) is 5.93. The van der Waals surface area contributed by atoms with Gasteiger partial charge in [-0.15, -0.1) is 11.6 Å². The topological polar surface area (TPSA) is 30.3 Å². The largest absolute Gasteiger partial charge is 0.383 e. The second-order valence-electron chi connectivity index (χ2n) is 5.03. The third kappa shape index (κ3) is 3.51. The molecular formula is C15H22ClN3O. The van der Waals surface area contributed by atoms with E-state index in [-0.39, 0.29) is 5.38 Å². The molecule has 1 aromatic heterocycles. The van der Waals surface area contributed by atoms with Crippen LogP contribution in [0.25, 0.3) is 10.9 Å². The molecule has 0 radical (unpaired) electrons. The van der Waals surface area contributed by atoms with Crippen LogP contribution < -0.4 is 0 Å². The molecule has 1 atom stereocenters. The number of para-hydroxylation sites is 1. The molecule has 2 aromatic rings. The van der Waals surface area contributed by atoms with Gasteiger partial charge in [0.1, 0.15) is 0 Å². The molecule has 4 nitrogen and oxygen atoms in total. The number of aryl methyl sites for hydroxylation is 1. The number of nitrogens with zero attached hydrogens (tertiary/aromatic N) is 3. The zero-order valence-corrected chi connectivity index (χ0v) is 13.1. The van der Waals surface area contributed by atoms with Crippen LogP contribution in [0.1, 0.15) is 12.6 Å². The van der Waals surface area contributed by atoms with Crippen molar-refractivity contribution < 1.29 is 4.74 Å². The van der Waals surface area contributed by atoms with Gasteiger partial charge in [0.2, 0.25) is 0 Å². The average Bonchev–Trinajstić information content (AvgIpc) is 2.77. The number of ether oxygens (including phenoxy) is 1. The molecule has 20 heavy (non-hydrogen) atoms. The summed E-state index contributed by atoms with van der Waals surface area (Å²) in [6.07, 6.45) is 0. The summed E-state index contributed by atoms with van der Waals surface area (Å²) < 4.78 is 7.12. The Labute approximate surface area is 125 Å². The zero-order valence-electron chi connectivity index (χ0n) is 12.3. The molecule has 0 N–H and O–H groups in total. The molecule has 1 heterocycles. The van der Waals surface area contributed by atoms with Gasteiger partial charge in [0.05, 0.1) is 23.2 Å². The number of halogens is 1. The molecule has 0 aliphatic rings. The third-order valence-corrected chi connectivity index (χ3v) is 3.57. The lowest BCUT2D eigenvalue weighted by Gasteiger charge is -2.18. The Morgan fingerprint density at radius 2 is 2.15 bits per heavy atom. The number of methoxy groups -OCH3 is 1. The summed E-state index contributed by atoms with van der Waals surface area (Å²) >= 11 is 6.20. The molecule has 5 heteroatoms. The summed E-state index contributed by atoms with van der Waals surface area (Å²) in [6.45, 7) is 5.13. The van der Waals surface area contributed by atoms with Crippen LogP contribution in [0.4, 0.5) is 0 Å². The van der Waals surface area contributed by atoms with E-state index in [4.69, 9.17) is 21.4 Å². The highest BCUT2D eigenvalue weighted by Crippen LogP contribution is 2.19. The van der Waals surface area contributed by atoms with Gasteiger partial charge < -0.3 is 4.74 Å². The summed E-state index contributed by atoms with van der Waals surface area (Å²) in [5.74, 6) is 0. The Kier molecular flexibility index (Phi) is 5.40. The molecule has 1 unspecified atom stereocenters. The molecule has 1 aromatic carbocycles. The van der Waals surface area contributed by atoms with Gasteiger partial charge in [0.25, 0.3) is 0 Å². The van der Waals surface area contributed by atoms with Crippen LogP contribution in [0.2, 0.25) is 0 Å². The Morgan fingerprint density at radius 3 is 2.85 bits per heavy atom. The normalized spacial score (nSPS) is 13.2. The summed E-state index contributed by atoms with van der Waals surface area (Å²) in [6, 6.07) is 8.36. The minimum atomic E-state index is 0.00419. The van der Waals surface area contributed by atoms with E-state index in [1.165, 1.54) is 10.9 Å². The highest BCUT2D eigenvalue weighted by atomic mass is 35.5. The van der Waals surface area contributed by atoms with Gasteiger partial charge in [-0.05, 0) is 20.0 Å². The maximum Gasteiger partial charge on any atom is 0.0843 e. The molecule has 0 saturated carbocycles. The molecule has 0 fully saturated rings. The fourth-order valence-electron chi connectivity index (χ4n) is 2.45. The lowest BCUT2D eigenvalue weighted by atomic mass is 10.2. The van der Waals surface area contributed by atoms with E-state index >= 15 is 0 Å². The lowest BCUT2D eigenvalue weighted by molar-refractivity contribution is 0.181. The van der Waals surface area contributed by atoms with E-state index in [9.17, 15) is 0 Å². The quantitative estimate of drug-likeness (QED) is 0.736. The molecule has 0 amide bonds. The predicted octanol–water partition coefficient (Wildman–Crippen LogP) is 2.74. The van der Waals surface area contributed by atoms with Crippen molar-refractivity contribution in [1.29, 1.82) is 0 Å². The van der Waals surface area contributed by atoms with Gasteiger partial charge in [-0.1, -0.05) is 18.2 Å². The number of rotatable bonds is 7.